The molecule has 168 valence electrons. The number of benzene rings is 3. The number of furan rings is 1. The van der Waals surface area contributed by atoms with Gasteiger partial charge in [-0.25, -0.2) is 0 Å². The molecule has 6 nitrogen and oxygen atoms in total. The smallest absolute Gasteiger partial charge is 0.291 e. The van der Waals surface area contributed by atoms with Crippen molar-refractivity contribution >= 4 is 45.8 Å². The Bertz CT molecular complexity index is 1290. The number of amides is 2. The number of hydrogen-bond donors (Lipinski definition) is 2. The van der Waals surface area contributed by atoms with E-state index in [1.54, 1.807) is 62.4 Å². The van der Waals surface area contributed by atoms with Crippen LogP contribution in [0.15, 0.2) is 77.2 Å². The summed E-state index contributed by atoms with van der Waals surface area (Å²) in [6.07, 6.45) is 0. The van der Waals surface area contributed by atoms with Crippen LogP contribution in [0.2, 0.25) is 5.02 Å². The third-order valence-corrected chi connectivity index (χ3v) is 5.37. The van der Waals surface area contributed by atoms with Crippen molar-refractivity contribution in [2.75, 3.05) is 10.6 Å². The highest BCUT2D eigenvalue weighted by atomic mass is 35.5. The third-order valence-electron chi connectivity index (χ3n) is 5.12. The predicted octanol–water partition coefficient (Wildman–Crippen LogP) is 6.44. The van der Waals surface area contributed by atoms with Crippen LogP contribution in [-0.4, -0.2) is 17.4 Å². The van der Waals surface area contributed by atoms with E-state index in [1.807, 2.05) is 31.2 Å². The van der Waals surface area contributed by atoms with Gasteiger partial charge in [0.05, 0.1) is 0 Å². The monoisotopic (exact) mass is 462 g/mol. The second kappa shape index (κ2) is 9.00. The fourth-order valence-corrected chi connectivity index (χ4v) is 3.41. The van der Waals surface area contributed by atoms with Crippen LogP contribution in [0.5, 0.6) is 5.75 Å². The van der Waals surface area contributed by atoms with Gasteiger partial charge in [0.25, 0.3) is 11.8 Å². The average Bonchev–Trinajstić information content (AvgIpc) is 3.21. The van der Waals surface area contributed by atoms with E-state index < -0.39 is 5.60 Å². The van der Waals surface area contributed by atoms with Crippen LogP contribution < -0.4 is 15.4 Å². The molecule has 0 unspecified atom stereocenters. The van der Waals surface area contributed by atoms with Gasteiger partial charge in [-0.1, -0.05) is 29.8 Å². The van der Waals surface area contributed by atoms with Crippen LogP contribution in [0, 0.1) is 6.92 Å². The standard InChI is InChI=1S/C26H23ClN2O4/c1-16-14-19(28-25(31)26(2,3)33-20-11-8-18(27)9-12-20)10-13-21(16)29-24(30)23-15-17-6-4-5-7-22(17)32-23/h4-15H,1-3H3,(H,28,31)(H,29,30). The van der Waals surface area contributed by atoms with Crippen molar-refractivity contribution in [3.8, 4) is 5.75 Å². The minimum Gasteiger partial charge on any atom is -0.478 e. The van der Waals surface area contributed by atoms with Crippen molar-refractivity contribution < 1.29 is 18.7 Å². The van der Waals surface area contributed by atoms with Gasteiger partial charge < -0.3 is 19.8 Å². The van der Waals surface area contributed by atoms with E-state index in [-0.39, 0.29) is 17.6 Å². The van der Waals surface area contributed by atoms with E-state index >= 15 is 0 Å². The first-order chi connectivity index (χ1) is 15.7. The number of halogens is 1. The minimum absolute atomic E-state index is 0.231. The normalized spacial score (nSPS) is 11.3. The molecule has 33 heavy (non-hydrogen) atoms. The van der Waals surface area contributed by atoms with Crippen LogP contribution in [0.25, 0.3) is 11.0 Å². The number of ether oxygens (including phenoxy) is 1. The first-order valence-electron chi connectivity index (χ1n) is 10.4. The SMILES string of the molecule is Cc1cc(NC(=O)C(C)(C)Oc2ccc(Cl)cc2)ccc1NC(=O)c1cc2ccccc2o1. The third kappa shape index (κ3) is 5.18. The number of hydrogen-bond acceptors (Lipinski definition) is 4. The molecular weight excluding hydrogens is 440 g/mol. The summed E-state index contributed by atoms with van der Waals surface area (Å²) in [7, 11) is 0. The number of anilines is 2. The number of aryl methyl sites for hydroxylation is 1. The quantitative estimate of drug-likeness (QED) is 0.345. The van der Waals surface area contributed by atoms with E-state index in [2.05, 4.69) is 10.6 Å². The molecule has 0 saturated carbocycles. The predicted molar refractivity (Wildman–Crippen MR) is 130 cm³/mol. The van der Waals surface area contributed by atoms with Gasteiger partial charge in [0, 0.05) is 21.8 Å². The lowest BCUT2D eigenvalue weighted by atomic mass is 10.1. The maximum Gasteiger partial charge on any atom is 0.291 e. The molecule has 4 rings (SSSR count). The molecule has 0 bridgehead atoms. The van der Waals surface area contributed by atoms with Gasteiger partial charge in [0.15, 0.2) is 11.4 Å². The second-order valence-electron chi connectivity index (χ2n) is 8.15. The van der Waals surface area contributed by atoms with Gasteiger partial charge in [-0.05, 0) is 80.9 Å². The Hall–Kier alpha value is -3.77. The number of rotatable bonds is 6. The first-order valence-corrected chi connectivity index (χ1v) is 10.8. The van der Waals surface area contributed by atoms with E-state index in [1.165, 1.54) is 0 Å². The molecule has 0 atom stereocenters. The van der Waals surface area contributed by atoms with Gasteiger partial charge in [-0.3, -0.25) is 9.59 Å². The van der Waals surface area contributed by atoms with Gasteiger partial charge in [0.2, 0.25) is 0 Å². The zero-order valence-electron chi connectivity index (χ0n) is 18.4. The van der Waals surface area contributed by atoms with Crippen LogP contribution in [0.3, 0.4) is 0 Å². The Balaban J connectivity index is 1.42. The molecule has 0 spiro atoms. The van der Waals surface area contributed by atoms with Crippen LogP contribution in [0.1, 0.15) is 30.0 Å². The first kappa shape index (κ1) is 22.4. The summed E-state index contributed by atoms with van der Waals surface area (Å²) >= 11 is 5.90. The summed E-state index contributed by atoms with van der Waals surface area (Å²) in [5.41, 5.74) is 1.53. The molecule has 1 heterocycles. The highest BCUT2D eigenvalue weighted by Gasteiger charge is 2.30. The van der Waals surface area contributed by atoms with Gasteiger partial charge in [0.1, 0.15) is 11.3 Å². The molecule has 0 aliphatic heterocycles. The number of para-hydroxylation sites is 1. The van der Waals surface area contributed by atoms with Crippen molar-refractivity contribution in [2.24, 2.45) is 0 Å². The Morgan fingerprint density at radius 2 is 1.67 bits per heavy atom. The molecule has 2 N–H and O–H groups in total. The fraction of sp³-hybridized carbons (Fsp3) is 0.154. The lowest BCUT2D eigenvalue weighted by Crippen LogP contribution is -2.42. The fourth-order valence-electron chi connectivity index (χ4n) is 3.28. The second-order valence-corrected chi connectivity index (χ2v) is 8.59. The van der Waals surface area contributed by atoms with E-state index in [4.69, 9.17) is 20.8 Å². The maximum atomic E-state index is 12.8. The van der Waals surface area contributed by atoms with Gasteiger partial charge in [-0.15, -0.1) is 0 Å². The van der Waals surface area contributed by atoms with Crippen molar-refractivity contribution in [2.45, 2.75) is 26.4 Å². The summed E-state index contributed by atoms with van der Waals surface area (Å²) in [6.45, 7) is 5.22. The number of carbonyl (C=O) groups excluding carboxylic acids is 2. The van der Waals surface area contributed by atoms with Gasteiger partial charge >= 0.3 is 0 Å². The lowest BCUT2D eigenvalue weighted by molar-refractivity contribution is -0.128. The van der Waals surface area contributed by atoms with Crippen LogP contribution in [0.4, 0.5) is 11.4 Å². The van der Waals surface area contributed by atoms with Gasteiger partial charge in [-0.2, -0.15) is 0 Å². The van der Waals surface area contributed by atoms with E-state index in [0.717, 1.165) is 10.9 Å². The van der Waals surface area contributed by atoms with Crippen LogP contribution in [-0.2, 0) is 4.79 Å². The Morgan fingerprint density at radius 3 is 2.36 bits per heavy atom. The van der Waals surface area contributed by atoms with E-state index in [0.29, 0.717) is 27.7 Å². The summed E-state index contributed by atoms with van der Waals surface area (Å²) in [5.74, 6) is 0.118. The average molecular weight is 463 g/mol. The molecule has 0 saturated heterocycles. The molecule has 0 fully saturated rings. The Labute approximate surface area is 196 Å². The molecule has 7 heteroatoms. The topological polar surface area (TPSA) is 80.6 Å². The van der Waals surface area contributed by atoms with E-state index in [9.17, 15) is 9.59 Å². The van der Waals surface area contributed by atoms with Crippen molar-refractivity contribution in [3.05, 3.63) is 89.1 Å². The van der Waals surface area contributed by atoms with Crippen LogP contribution >= 0.6 is 11.6 Å². The highest BCUT2D eigenvalue weighted by molar-refractivity contribution is 6.30. The molecule has 3 aromatic carbocycles. The maximum absolute atomic E-state index is 12.8. The lowest BCUT2D eigenvalue weighted by Gasteiger charge is -2.25. The molecule has 0 radical (unpaired) electrons. The largest absolute Gasteiger partial charge is 0.478 e. The number of nitrogens with one attached hydrogen (secondary N) is 2. The van der Waals surface area contributed by atoms with Crippen molar-refractivity contribution in [1.82, 2.24) is 0 Å². The molecule has 0 aliphatic carbocycles. The number of fused-ring (bicyclic) bond motifs is 1. The van der Waals surface area contributed by atoms with Crippen molar-refractivity contribution in [3.63, 3.8) is 0 Å². The number of carbonyl (C=O) groups is 2. The Kier molecular flexibility index (Phi) is 6.11. The summed E-state index contributed by atoms with van der Waals surface area (Å²) in [4.78, 5) is 25.4. The zero-order valence-corrected chi connectivity index (χ0v) is 19.2. The molecule has 2 amide bonds. The molecule has 0 aliphatic rings. The summed E-state index contributed by atoms with van der Waals surface area (Å²) < 4.78 is 11.5. The van der Waals surface area contributed by atoms with Crippen molar-refractivity contribution in [1.29, 1.82) is 0 Å². The summed E-state index contributed by atoms with van der Waals surface area (Å²) in [5, 5.41) is 7.17. The highest BCUT2D eigenvalue weighted by Crippen LogP contribution is 2.25. The molecule has 1 aromatic heterocycles. The molecular formula is C26H23ClN2O4. The Morgan fingerprint density at radius 1 is 0.939 bits per heavy atom. The molecule has 4 aromatic rings. The zero-order chi connectivity index (χ0) is 23.6. The summed E-state index contributed by atoms with van der Waals surface area (Å²) in [6, 6.07) is 21.2. The minimum atomic E-state index is -1.12.